The molecular formula is C17H34N2Sn. The van der Waals surface area contributed by atoms with Gasteiger partial charge in [-0.3, -0.25) is 0 Å². The van der Waals surface area contributed by atoms with Crippen molar-refractivity contribution in [2.45, 2.75) is 79.5 Å². The second-order valence-electron chi connectivity index (χ2n) is 6.39. The quantitative estimate of drug-likeness (QED) is 0.530. The van der Waals surface area contributed by atoms with Gasteiger partial charge in [-0.15, -0.1) is 0 Å². The van der Waals surface area contributed by atoms with Crippen LogP contribution in [0.15, 0.2) is 6.20 Å². The number of nitrogens with zero attached hydrogens (tertiary/aromatic N) is 2. The van der Waals surface area contributed by atoms with E-state index in [0.29, 0.717) is 0 Å². The summed E-state index contributed by atoms with van der Waals surface area (Å²) in [6.45, 7) is 9.31. The van der Waals surface area contributed by atoms with E-state index in [4.69, 9.17) is 0 Å². The molecule has 0 N–H and O–H groups in total. The van der Waals surface area contributed by atoms with Crippen molar-refractivity contribution in [3.05, 3.63) is 11.8 Å². The van der Waals surface area contributed by atoms with Crippen LogP contribution in [0.2, 0.25) is 13.3 Å². The fourth-order valence-corrected chi connectivity index (χ4v) is 21.3. The van der Waals surface area contributed by atoms with Gasteiger partial charge in [-0.05, 0) is 0 Å². The molecule has 0 aliphatic carbocycles. The number of rotatable bonds is 10. The van der Waals surface area contributed by atoms with Crippen LogP contribution in [0.1, 0.15) is 64.9 Å². The second-order valence-corrected chi connectivity index (χ2v) is 19.3. The van der Waals surface area contributed by atoms with Crippen LogP contribution in [0, 0.1) is 6.92 Å². The molecule has 0 saturated carbocycles. The zero-order valence-corrected chi connectivity index (χ0v) is 17.2. The van der Waals surface area contributed by atoms with Gasteiger partial charge in [0.05, 0.1) is 0 Å². The predicted molar refractivity (Wildman–Crippen MR) is 92.5 cm³/mol. The van der Waals surface area contributed by atoms with E-state index in [-0.39, 0.29) is 0 Å². The predicted octanol–water partition coefficient (Wildman–Crippen LogP) is 4.78. The first-order chi connectivity index (χ1) is 9.61. The molecule has 0 saturated heterocycles. The monoisotopic (exact) mass is 386 g/mol. The Bertz CT molecular complexity index is 343. The Morgan fingerprint density at radius 2 is 1.40 bits per heavy atom. The van der Waals surface area contributed by atoms with Crippen molar-refractivity contribution in [1.29, 1.82) is 0 Å². The molecule has 0 fully saturated rings. The second kappa shape index (κ2) is 9.11. The van der Waals surface area contributed by atoms with Gasteiger partial charge in [0.2, 0.25) is 0 Å². The van der Waals surface area contributed by atoms with Crippen molar-refractivity contribution in [2.24, 2.45) is 7.05 Å². The molecule has 0 aromatic carbocycles. The molecule has 0 aliphatic heterocycles. The van der Waals surface area contributed by atoms with E-state index in [2.05, 4.69) is 50.7 Å². The average Bonchev–Trinajstić information content (AvgIpc) is 2.79. The molecule has 116 valence electrons. The van der Waals surface area contributed by atoms with E-state index >= 15 is 0 Å². The standard InChI is InChI=1S/C5H7N2.3C4H9.Sn/c1-5-3-6-7(2)4-5;3*1-3-4-2;/h3H,1-2H3;3*1,3-4H2,2H3;. The minimum atomic E-state index is -2.26. The molecule has 0 unspecified atom stereocenters. The fraction of sp³-hybridized carbons (Fsp3) is 0.824. The third-order valence-corrected chi connectivity index (χ3v) is 20.8. The van der Waals surface area contributed by atoms with Gasteiger partial charge in [-0.25, -0.2) is 0 Å². The number of unbranched alkanes of at least 4 members (excludes halogenated alkanes) is 3. The van der Waals surface area contributed by atoms with E-state index in [1.54, 1.807) is 3.71 Å². The molecule has 1 rings (SSSR count). The molecule has 3 heteroatoms. The molecule has 0 atom stereocenters. The minimum absolute atomic E-state index is 1.34. The molecule has 0 radical (unpaired) electrons. The SMILES string of the molecule is CCC[CH2][Sn]([CH2]CCC)([CH2]CCC)[c]1c(C)cnn1C. The van der Waals surface area contributed by atoms with Gasteiger partial charge in [-0.2, -0.15) is 0 Å². The van der Waals surface area contributed by atoms with E-state index in [9.17, 15) is 0 Å². The zero-order valence-electron chi connectivity index (χ0n) is 14.3. The molecule has 0 spiro atoms. The third-order valence-electron chi connectivity index (χ3n) is 4.65. The van der Waals surface area contributed by atoms with Gasteiger partial charge in [0.25, 0.3) is 0 Å². The van der Waals surface area contributed by atoms with Gasteiger partial charge in [0.1, 0.15) is 0 Å². The van der Waals surface area contributed by atoms with Crippen LogP contribution in [0.25, 0.3) is 0 Å². The first-order valence-electron chi connectivity index (χ1n) is 8.60. The van der Waals surface area contributed by atoms with Crippen molar-refractivity contribution in [3.63, 3.8) is 0 Å². The Morgan fingerprint density at radius 3 is 1.70 bits per heavy atom. The molecule has 0 amide bonds. The Balaban J connectivity index is 3.11. The normalized spacial score (nSPS) is 12.1. The van der Waals surface area contributed by atoms with Crippen LogP contribution in [0.3, 0.4) is 0 Å². The first kappa shape index (κ1) is 18.1. The molecule has 0 aliphatic rings. The van der Waals surface area contributed by atoms with E-state index in [1.165, 1.54) is 57.4 Å². The Labute approximate surface area is 130 Å². The van der Waals surface area contributed by atoms with Crippen LogP contribution < -0.4 is 3.71 Å². The van der Waals surface area contributed by atoms with Crippen LogP contribution in [0.5, 0.6) is 0 Å². The molecular weight excluding hydrogens is 351 g/mol. The molecule has 1 aromatic heterocycles. The number of hydrogen-bond donors (Lipinski definition) is 0. The summed E-state index contributed by atoms with van der Waals surface area (Å²) in [5, 5.41) is 4.58. The summed E-state index contributed by atoms with van der Waals surface area (Å²) in [6.07, 6.45) is 10.4. The van der Waals surface area contributed by atoms with Crippen molar-refractivity contribution >= 4 is 22.1 Å². The van der Waals surface area contributed by atoms with Gasteiger partial charge in [0, 0.05) is 0 Å². The topological polar surface area (TPSA) is 17.8 Å². The zero-order chi connectivity index (χ0) is 15.0. The van der Waals surface area contributed by atoms with E-state index in [0.717, 1.165) is 0 Å². The molecule has 1 heterocycles. The van der Waals surface area contributed by atoms with Gasteiger partial charge >= 0.3 is 130 Å². The number of aryl methyl sites for hydroxylation is 2. The Morgan fingerprint density at radius 1 is 0.950 bits per heavy atom. The summed E-state index contributed by atoms with van der Waals surface area (Å²) in [5.41, 5.74) is 1.48. The summed E-state index contributed by atoms with van der Waals surface area (Å²) >= 11 is -2.26. The van der Waals surface area contributed by atoms with Crippen LogP contribution in [-0.4, -0.2) is 28.2 Å². The average molecular weight is 385 g/mol. The first-order valence-corrected chi connectivity index (χ1v) is 16.1. The van der Waals surface area contributed by atoms with Gasteiger partial charge in [0.15, 0.2) is 0 Å². The fourth-order valence-electron chi connectivity index (χ4n) is 3.58. The molecule has 0 bridgehead atoms. The molecule has 2 nitrogen and oxygen atoms in total. The third kappa shape index (κ3) is 4.50. The van der Waals surface area contributed by atoms with Gasteiger partial charge < -0.3 is 0 Å². The van der Waals surface area contributed by atoms with Crippen molar-refractivity contribution < 1.29 is 0 Å². The van der Waals surface area contributed by atoms with Crippen LogP contribution >= 0.6 is 0 Å². The van der Waals surface area contributed by atoms with Crippen LogP contribution in [-0.2, 0) is 7.05 Å². The summed E-state index contributed by atoms with van der Waals surface area (Å²) in [6, 6.07) is 0. The van der Waals surface area contributed by atoms with Crippen molar-refractivity contribution in [1.82, 2.24) is 9.78 Å². The van der Waals surface area contributed by atoms with Gasteiger partial charge in [-0.1, -0.05) is 0 Å². The summed E-state index contributed by atoms with van der Waals surface area (Å²) < 4.78 is 8.56. The molecule has 20 heavy (non-hydrogen) atoms. The van der Waals surface area contributed by atoms with Crippen molar-refractivity contribution in [2.75, 3.05) is 0 Å². The maximum absolute atomic E-state index is 4.58. The molecule has 1 aromatic rings. The maximum atomic E-state index is 4.58. The van der Waals surface area contributed by atoms with E-state index in [1.807, 2.05) is 0 Å². The number of hydrogen-bond acceptors (Lipinski definition) is 1. The Hall–Kier alpha value is 0.00870. The number of aromatic nitrogens is 2. The van der Waals surface area contributed by atoms with Crippen LogP contribution in [0.4, 0.5) is 0 Å². The van der Waals surface area contributed by atoms with E-state index < -0.39 is 18.4 Å². The summed E-state index contributed by atoms with van der Waals surface area (Å²) in [4.78, 5) is 0. The van der Waals surface area contributed by atoms with Crippen molar-refractivity contribution in [3.8, 4) is 0 Å². The summed E-state index contributed by atoms with van der Waals surface area (Å²) in [7, 11) is 2.18. The summed E-state index contributed by atoms with van der Waals surface area (Å²) in [5.74, 6) is 0. The Kier molecular flexibility index (Phi) is 8.23.